The van der Waals surface area contributed by atoms with Gasteiger partial charge < -0.3 is 10.4 Å². The number of benzene rings is 3. The highest BCUT2D eigenvalue weighted by atomic mass is 35.5. The van der Waals surface area contributed by atoms with Gasteiger partial charge in [0.15, 0.2) is 0 Å². The van der Waals surface area contributed by atoms with Crippen LogP contribution in [-0.4, -0.2) is 12.9 Å². The molecule has 3 aromatic rings. The van der Waals surface area contributed by atoms with E-state index in [0.717, 1.165) is 22.1 Å². The highest BCUT2D eigenvalue weighted by molar-refractivity contribution is 6.81. The van der Waals surface area contributed by atoms with Gasteiger partial charge >= 0.3 is 12.9 Å². The van der Waals surface area contributed by atoms with E-state index in [-0.39, 0.29) is 0 Å². The van der Waals surface area contributed by atoms with Crippen molar-refractivity contribution in [2.24, 2.45) is 0 Å². The number of nitrogen functional groups attached to an aromatic ring is 1. The van der Waals surface area contributed by atoms with Gasteiger partial charge in [0.25, 0.3) is 0 Å². The second kappa shape index (κ2) is 8.07. The molecule has 0 atom stereocenters. The van der Waals surface area contributed by atoms with E-state index in [1.807, 2.05) is 38.1 Å². The van der Waals surface area contributed by atoms with Crippen molar-refractivity contribution in [3.63, 3.8) is 0 Å². The van der Waals surface area contributed by atoms with E-state index in [1.165, 1.54) is 0 Å². The van der Waals surface area contributed by atoms with Gasteiger partial charge in [0.1, 0.15) is 0 Å². The number of aryl methyl sites for hydroxylation is 2. The minimum atomic E-state index is -0.659. The highest BCUT2D eigenvalue weighted by Crippen LogP contribution is 2.17. The Morgan fingerprint density at radius 1 is 0.889 bits per heavy atom. The summed E-state index contributed by atoms with van der Waals surface area (Å²) in [5, 5.41) is 1.21. The third kappa shape index (κ3) is 4.29. The van der Waals surface area contributed by atoms with Gasteiger partial charge in [-0.25, -0.2) is 4.79 Å². The summed E-state index contributed by atoms with van der Waals surface area (Å²) in [6.45, 7) is 3.18. The molecule has 0 aromatic heterocycles. The average molecular weight is 398 g/mol. The van der Waals surface area contributed by atoms with Crippen molar-refractivity contribution >= 4 is 52.7 Å². The van der Waals surface area contributed by atoms with Gasteiger partial charge in [-0.1, -0.05) is 59.6 Å². The van der Waals surface area contributed by atoms with E-state index in [0.29, 0.717) is 21.3 Å². The molecule has 2 N–H and O–H groups in total. The Hall–Kier alpha value is -2.43. The first-order valence-corrected chi connectivity index (χ1v) is 9.20. The fourth-order valence-electron chi connectivity index (χ4n) is 2.73. The summed E-state index contributed by atoms with van der Waals surface area (Å²) in [6.07, 6.45) is 0. The Morgan fingerprint density at radius 3 is 1.89 bits per heavy atom. The lowest BCUT2D eigenvalue weighted by molar-refractivity contribution is 0.0740. The molecule has 136 valence electrons. The van der Waals surface area contributed by atoms with E-state index >= 15 is 0 Å². The Morgan fingerprint density at radius 2 is 1.41 bits per heavy atom. The summed E-state index contributed by atoms with van der Waals surface area (Å²) in [5.74, 6) is -0.508. The number of para-hydroxylation sites is 1. The predicted molar refractivity (Wildman–Crippen MR) is 114 cm³/mol. The molecule has 3 nitrogen and oxygen atoms in total. The first kappa shape index (κ1) is 19.3. The van der Waals surface area contributed by atoms with Crippen LogP contribution in [-0.2, 0) is 4.65 Å². The van der Waals surface area contributed by atoms with Crippen molar-refractivity contribution in [3.05, 3.63) is 87.4 Å². The lowest BCUT2D eigenvalue weighted by atomic mass is 9.55. The van der Waals surface area contributed by atoms with Gasteiger partial charge in [-0.05, 0) is 60.2 Å². The topological polar surface area (TPSA) is 52.3 Å². The van der Waals surface area contributed by atoms with Crippen LogP contribution in [0, 0.1) is 13.8 Å². The van der Waals surface area contributed by atoms with E-state index < -0.39 is 12.9 Å². The molecule has 6 heteroatoms. The molecule has 3 rings (SSSR count). The number of hydrogen-bond acceptors (Lipinski definition) is 3. The van der Waals surface area contributed by atoms with E-state index in [4.69, 9.17) is 33.6 Å². The molecular weight excluding hydrogens is 380 g/mol. The second-order valence-corrected chi connectivity index (χ2v) is 7.20. The third-order valence-electron chi connectivity index (χ3n) is 4.40. The summed E-state index contributed by atoms with van der Waals surface area (Å²) in [6, 6.07) is 18.0. The van der Waals surface area contributed by atoms with Crippen molar-refractivity contribution in [1.29, 1.82) is 0 Å². The van der Waals surface area contributed by atoms with Gasteiger partial charge in [0, 0.05) is 15.7 Å². The van der Waals surface area contributed by atoms with Crippen LogP contribution < -0.4 is 16.7 Å². The van der Waals surface area contributed by atoms with Gasteiger partial charge in [0.2, 0.25) is 0 Å². The van der Waals surface area contributed by atoms with Gasteiger partial charge in [-0.15, -0.1) is 0 Å². The molecule has 0 aliphatic carbocycles. The molecule has 0 fully saturated rings. The Labute approximate surface area is 169 Å². The normalized spacial score (nSPS) is 10.5. The van der Waals surface area contributed by atoms with Gasteiger partial charge in [-0.3, -0.25) is 0 Å². The molecular formula is C21H18BCl2NO2. The summed E-state index contributed by atoms with van der Waals surface area (Å²) < 4.78 is 5.84. The van der Waals surface area contributed by atoms with Crippen LogP contribution in [0.15, 0.2) is 60.7 Å². The van der Waals surface area contributed by atoms with E-state index in [2.05, 4.69) is 0 Å². The quantitative estimate of drug-likeness (QED) is 0.531. The maximum atomic E-state index is 12.8. The van der Waals surface area contributed by atoms with Crippen LogP contribution in [0.5, 0.6) is 0 Å². The number of carbonyl (C=O) groups is 1. The smallest absolute Gasteiger partial charge is 0.429 e. The van der Waals surface area contributed by atoms with Crippen LogP contribution in [0.1, 0.15) is 21.5 Å². The lowest BCUT2D eigenvalue weighted by Gasteiger charge is -2.17. The molecule has 0 spiro atoms. The zero-order valence-corrected chi connectivity index (χ0v) is 16.5. The summed E-state index contributed by atoms with van der Waals surface area (Å²) in [5.41, 5.74) is 10.0. The first-order valence-electron chi connectivity index (χ1n) is 8.44. The molecule has 0 bridgehead atoms. The van der Waals surface area contributed by atoms with Crippen molar-refractivity contribution in [2.75, 3.05) is 5.73 Å². The number of carbonyl (C=O) groups excluding carboxylic acids is 1. The second-order valence-electron chi connectivity index (χ2n) is 6.39. The largest absolute Gasteiger partial charge is 0.522 e. The summed E-state index contributed by atoms with van der Waals surface area (Å²) in [7, 11) is 0. The zero-order valence-electron chi connectivity index (χ0n) is 15.0. The zero-order chi connectivity index (χ0) is 19.6. The molecule has 0 saturated heterocycles. The van der Waals surface area contributed by atoms with Crippen molar-refractivity contribution in [1.82, 2.24) is 0 Å². The van der Waals surface area contributed by atoms with Gasteiger partial charge in [-0.2, -0.15) is 0 Å². The fourth-order valence-corrected chi connectivity index (χ4v) is 3.10. The van der Waals surface area contributed by atoms with Crippen LogP contribution in [0.2, 0.25) is 10.0 Å². The van der Waals surface area contributed by atoms with Crippen LogP contribution in [0.3, 0.4) is 0 Å². The Kier molecular flexibility index (Phi) is 5.78. The number of hydrogen-bond donors (Lipinski definition) is 1. The summed E-state index contributed by atoms with van der Waals surface area (Å²) >= 11 is 12.6. The number of anilines is 1. The molecule has 27 heavy (non-hydrogen) atoms. The SMILES string of the molecule is Cc1ccc(B(OC(=O)c2ccccc2N)c2ccc(C)c(Cl)c2)cc1Cl. The average Bonchev–Trinajstić information content (AvgIpc) is 2.64. The van der Waals surface area contributed by atoms with Crippen molar-refractivity contribution in [3.8, 4) is 0 Å². The number of nitrogens with two attached hydrogens (primary N) is 1. The molecule has 0 radical (unpaired) electrons. The molecule has 0 aliphatic rings. The van der Waals surface area contributed by atoms with Crippen molar-refractivity contribution in [2.45, 2.75) is 13.8 Å². The maximum absolute atomic E-state index is 12.8. The molecule has 3 aromatic carbocycles. The standard InChI is InChI=1S/C21H18BCl2NO2/c1-13-7-9-15(11-18(13)23)22(16-10-8-14(2)19(24)12-16)27-21(26)17-5-3-4-6-20(17)25/h3-12H,25H2,1-2H3. The van der Waals surface area contributed by atoms with E-state index in [1.54, 1.807) is 36.4 Å². The van der Waals surface area contributed by atoms with Crippen molar-refractivity contribution < 1.29 is 9.45 Å². The van der Waals surface area contributed by atoms with Gasteiger partial charge in [0.05, 0.1) is 5.56 Å². The minimum Gasteiger partial charge on any atom is -0.522 e. The minimum absolute atomic E-state index is 0.318. The molecule has 0 aliphatic heterocycles. The van der Waals surface area contributed by atoms with Crippen LogP contribution >= 0.6 is 23.2 Å². The Balaban J connectivity index is 2.04. The first-order chi connectivity index (χ1) is 12.9. The molecule has 0 saturated carbocycles. The lowest BCUT2D eigenvalue weighted by Crippen LogP contribution is -2.46. The molecule has 0 unspecified atom stereocenters. The monoisotopic (exact) mass is 397 g/mol. The molecule has 0 heterocycles. The Bertz CT molecular complexity index is 956. The number of halogens is 2. The van der Waals surface area contributed by atoms with E-state index in [9.17, 15) is 4.79 Å². The highest BCUT2D eigenvalue weighted by Gasteiger charge is 2.28. The van der Waals surface area contributed by atoms with Crippen LogP contribution in [0.4, 0.5) is 5.69 Å². The predicted octanol–water partition coefficient (Wildman–Crippen LogP) is 4.16. The third-order valence-corrected chi connectivity index (χ3v) is 5.22. The van der Waals surface area contributed by atoms with Crippen LogP contribution in [0.25, 0.3) is 0 Å². The fraction of sp³-hybridized carbons (Fsp3) is 0.0952. The maximum Gasteiger partial charge on any atom is 0.429 e. The summed E-state index contributed by atoms with van der Waals surface area (Å²) in [4.78, 5) is 12.8. The molecule has 0 amide bonds. The number of rotatable bonds is 4.